The Hall–Kier alpha value is -3.06. The summed E-state index contributed by atoms with van der Waals surface area (Å²) in [5.74, 6) is 1.93. The van der Waals surface area contributed by atoms with Gasteiger partial charge in [0, 0.05) is 18.9 Å². The lowest BCUT2D eigenvalue weighted by molar-refractivity contribution is 0.0378. The van der Waals surface area contributed by atoms with Gasteiger partial charge in [0.1, 0.15) is 17.1 Å². The Morgan fingerprint density at radius 3 is 2.75 bits per heavy atom. The Morgan fingerprint density at radius 2 is 2.07 bits per heavy atom. The van der Waals surface area contributed by atoms with Crippen molar-refractivity contribution in [2.24, 2.45) is 4.99 Å². The van der Waals surface area contributed by atoms with Gasteiger partial charge in [0.15, 0.2) is 5.96 Å². The van der Waals surface area contributed by atoms with Gasteiger partial charge in [0.2, 0.25) is 0 Å². The van der Waals surface area contributed by atoms with Crippen molar-refractivity contribution in [2.75, 3.05) is 13.1 Å². The van der Waals surface area contributed by atoms with Crippen LogP contribution in [0.4, 0.5) is 0 Å². The maximum atomic E-state index is 10.7. The summed E-state index contributed by atoms with van der Waals surface area (Å²) in [6.45, 7) is 7.06. The van der Waals surface area contributed by atoms with Gasteiger partial charge in [0.05, 0.1) is 25.1 Å². The number of para-hydroxylation sites is 1. The van der Waals surface area contributed by atoms with Gasteiger partial charge in [-0.25, -0.2) is 9.98 Å². The van der Waals surface area contributed by atoms with E-state index in [1.807, 2.05) is 54.9 Å². The van der Waals surface area contributed by atoms with Gasteiger partial charge in [-0.2, -0.15) is 0 Å². The fraction of sp³-hybridized carbons (Fsp3) is 0.333. The van der Waals surface area contributed by atoms with Crippen LogP contribution >= 0.6 is 0 Å². The summed E-state index contributed by atoms with van der Waals surface area (Å²) in [6.07, 6.45) is 5.44. The summed E-state index contributed by atoms with van der Waals surface area (Å²) in [6, 6.07) is 11.7. The average Bonchev–Trinajstić information content (AvgIpc) is 3.36. The number of aromatic nitrogens is 2. The molecule has 0 amide bonds. The minimum Gasteiger partial charge on any atom is -0.463 e. The number of hydrogen-bond acceptors (Lipinski definition) is 4. The van der Waals surface area contributed by atoms with E-state index in [1.54, 1.807) is 25.5 Å². The molecule has 1 atom stereocenters. The van der Waals surface area contributed by atoms with Gasteiger partial charge in [-0.1, -0.05) is 18.2 Å². The Labute approximate surface area is 165 Å². The highest BCUT2D eigenvalue weighted by atomic mass is 16.4. The standard InChI is InChI=1S/C21H27N5O2/c1-4-23-20(25-14-21(3,27)19-10-9-16(2)28-19)24-13-17-7-5-6-8-18(17)26-12-11-22-15-26/h5-12,15,27H,4,13-14H2,1-3H3,(H2,23,24,25). The van der Waals surface area contributed by atoms with E-state index in [0.717, 1.165) is 23.6 Å². The second kappa shape index (κ2) is 8.75. The minimum absolute atomic E-state index is 0.273. The van der Waals surface area contributed by atoms with Gasteiger partial charge in [-0.05, 0) is 44.5 Å². The van der Waals surface area contributed by atoms with Crippen molar-refractivity contribution in [1.82, 2.24) is 20.2 Å². The van der Waals surface area contributed by atoms with Crippen molar-refractivity contribution in [3.8, 4) is 5.69 Å². The fourth-order valence-electron chi connectivity index (χ4n) is 2.87. The van der Waals surface area contributed by atoms with E-state index >= 15 is 0 Å². The van der Waals surface area contributed by atoms with Crippen LogP contribution in [0.5, 0.6) is 0 Å². The minimum atomic E-state index is -1.14. The maximum absolute atomic E-state index is 10.7. The molecule has 2 aromatic heterocycles. The van der Waals surface area contributed by atoms with Crippen LogP contribution in [-0.4, -0.2) is 33.7 Å². The van der Waals surface area contributed by atoms with Crippen LogP contribution < -0.4 is 10.6 Å². The molecular weight excluding hydrogens is 354 g/mol. The molecule has 0 aliphatic heterocycles. The van der Waals surface area contributed by atoms with Crippen LogP contribution in [0.2, 0.25) is 0 Å². The van der Waals surface area contributed by atoms with Gasteiger partial charge in [-0.15, -0.1) is 0 Å². The van der Waals surface area contributed by atoms with E-state index in [0.29, 0.717) is 18.3 Å². The summed E-state index contributed by atoms with van der Waals surface area (Å²) in [5, 5.41) is 17.1. The second-order valence-corrected chi connectivity index (χ2v) is 6.83. The number of aliphatic imine (C=N–C) groups is 1. The normalized spacial score (nSPS) is 13.9. The first-order valence-corrected chi connectivity index (χ1v) is 9.37. The van der Waals surface area contributed by atoms with E-state index < -0.39 is 5.60 Å². The van der Waals surface area contributed by atoms with Crippen molar-refractivity contribution < 1.29 is 9.52 Å². The highest BCUT2D eigenvalue weighted by molar-refractivity contribution is 5.79. The smallest absolute Gasteiger partial charge is 0.191 e. The summed E-state index contributed by atoms with van der Waals surface area (Å²) < 4.78 is 7.54. The third-order valence-electron chi connectivity index (χ3n) is 4.40. The first-order chi connectivity index (χ1) is 13.5. The molecule has 7 heteroatoms. The molecule has 0 aliphatic carbocycles. The fourth-order valence-corrected chi connectivity index (χ4v) is 2.87. The number of aliphatic hydroxyl groups is 1. The zero-order valence-electron chi connectivity index (χ0n) is 16.5. The summed E-state index contributed by atoms with van der Waals surface area (Å²) >= 11 is 0. The predicted molar refractivity (Wildman–Crippen MR) is 109 cm³/mol. The quantitative estimate of drug-likeness (QED) is 0.433. The van der Waals surface area contributed by atoms with Crippen LogP contribution in [0, 0.1) is 6.92 Å². The Morgan fingerprint density at radius 1 is 1.25 bits per heavy atom. The molecule has 3 aromatic rings. The van der Waals surface area contributed by atoms with Crippen molar-refractivity contribution in [1.29, 1.82) is 0 Å². The third kappa shape index (κ3) is 4.80. The molecular formula is C21H27N5O2. The number of guanidine groups is 1. The molecule has 28 heavy (non-hydrogen) atoms. The lowest BCUT2D eigenvalue weighted by Crippen LogP contribution is -2.44. The van der Waals surface area contributed by atoms with E-state index in [-0.39, 0.29) is 6.54 Å². The van der Waals surface area contributed by atoms with Crippen molar-refractivity contribution in [3.63, 3.8) is 0 Å². The van der Waals surface area contributed by atoms with Crippen LogP contribution in [-0.2, 0) is 12.1 Å². The van der Waals surface area contributed by atoms with Crippen molar-refractivity contribution in [2.45, 2.75) is 32.9 Å². The van der Waals surface area contributed by atoms with Crippen LogP contribution in [0.15, 0.2) is 64.5 Å². The summed E-state index contributed by atoms with van der Waals surface area (Å²) in [7, 11) is 0. The average molecular weight is 381 g/mol. The summed E-state index contributed by atoms with van der Waals surface area (Å²) in [5.41, 5.74) is 0.975. The molecule has 0 bridgehead atoms. The molecule has 7 nitrogen and oxygen atoms in total. The van der Waals surface area contributed by atoms with Gasteiger partial charge < -0.3 is 24.7 Å². The zero-order valence-corrected chi connectivity index (χ0v) is 16.5. The zero-order chi connectivity index (χ0) is 20.0. The highest BCUT2D eigenvalue weighted by Crippen LogP contribution is 2.22. The Balaban J connectivity index is 1.72. The highest BCUT2D eigenvalue weighted by Gasteiger charge is 2.27. The molecule has 0 fully saturated rings. The van der Waals surface area contributed by atoms with E-state index in [9.17, 15) is 5.11 Å². The van der Waals surface area contributed by atoms with Crippen molar-refractivity contribution >= 4 is 5.96 Å². The number of hydrogen-bond donors (Lipinski definition) is 3. The second-order valence-electron chi connectivity index (χ2n) is 6.83. The van der Waals surface area contributed by atoms with Crippen LogP contribution in [0.1, 0.15) is 30.9 Å². The SMILES string of the molecule is CCNC(=NCc1ccccc1-n1ccnc1)NCC(C)(O)c1ccc(C)o1. The molecule has 1 aromatic carbocycles. The molecule has 0 saturated carbocycles. The van der Waals surface area contributed by atoms with E-state index in [4.69, 9.17) is 4.42 Å². The number of furan rings is 1. The van der Waals surface area contributed by atoms with Crippen LogP contribution in [0.3, 0.4) is 0 Å². The molecule has 3 N–H and O–H groups in total. The largest absolute Gasteiger partial charge is 0.463 e. The van der Waals surface area contributed by atoms with E-state index in [1.165, 1.54) is 0 Å². The van der Waals surface area contributed by atoms with Gasteiger partial charge in [0.25, 0.3) is 0 Å². The van der Waals surface area contributed by atoms with Gasteiger partial charge in [-0.3, -0.25) is 0 Å². The molecule has 0 saturated heterocycles. The molecule has 0 radical (unpaired) electrons. The molecule has 0 aliphatic rings. The first-order valence-electron chi connectivity index (χ1n) is 9.37. The monoisotopic (exact) mass is 381 g/mol. The van der Waals surface area contributed by atoms with Crippen molar-refractivity contribution in [3.05, 3.63) is 72.2 Å². The number of benzene rings is 1. The maximum Gasteiger partial charge on any atom is 0.191 e. The molecule has 148 valence electrons. The number of nitrogens with one attached hydrogen (secondary N) is 2. The van der Waals surface area contributed by atoms with Gasteiger partial charge >= 0.3 is 0 Å². The number of aryl methyl sites for hydroxylation is 1. The first kappa shape index (κ1) is 19.7. The number of rotatable bonds is 7. The van der Waals surface area contributed by atoms with Crippen LogP contribution in [0.25, 0.3) is 5.69 Å². The summed E-state index contributed by atoms with van der Waals surface area (Å²) in [4.78, 5) is 8.79. The number of nitrogens with zero attached hydrogens (tertiary/aromatic N) is 3. The third-order valence-corrected chi connectivity index (χ3v) is 4.40. The molecule has 0 spiro atoms. The lowest BCUT2D eigenvalue weighted by atomic mass is 10.0. The van der Waals surface area contributed by atoms with E-state index in [2.05, 4.69) is 20.6 Å². The number of imidazole rings is 1. The molecule has 3 rings (SSSR count). The molecule has 1 unspecified atom stereocenters. The lowest BCUT2D eigenvalue weighted by Gasteiger charge is -2.23. The Bertz CT molecular complexity index is 913. The predicted octanol–water partition coefficient (Wildman–Crippen LogP) is 2.74. The topological polar surface area (TPSA) is 87.6 Å². The molecule has 2 heterocycles. The Kier molecular flexibility index (Phi) is 6.16.